The molecule has 132 valence electrons. The van der Waals surface area contributed by atoms with Crippen LogP contribution in [0, 0.1) is 5.92 Å². The number of nitrogens with zero attached hydrogens (tertiary/aromatic N) is 4. The highest BCUT2D eigenvalue weighted by Crippen LogP contribution is 2.40. The van der Waals surface area contributed by atoms with Gasteiger partial charge >= 0.3 is 5.97 Å². The normalized spacial score (nSPS) is 18.9. The van der Waals surface area contributed by atoms with E-state index in [2.05, 4.69) is 27.4 Å². The SMILES string of the molecule is C=C1Nc2nnnn2C(c2ccc(OCC)c(OC)c2)C1C(=O)OC. The van der Waals surface area contributed by atoms with Gasteiger partial charge in [-0.2, -0.15) is 0 Å². The molecule has 2 aromatic rings. The van der Waals surface area contributed by atoms with E-state index >= 15 is 0 Å². The Hall–Kier alpha value is -3.10. The van der Waals surface area contributed by atoms with Gasteiger partial charge in [-0.25, -0.2) is 4.68 Å². The van der Waals surface area contributed by atoms with Crippen molar-refractivity contribution in [3.63, 3.8) is 0 Å². The topological polar surface area (TPSA) is 100 Å². The van der Waals surface area contributed by atoms with E-state index in [1.54, 1.807) is 19.2 Å². The Morgan fingerprint density at radius 1 is 1.36 bits per heavy atom. The fraction of sp³-hybridized carbons (Fsp3) is 0.375. The average Bonchev–Trinajstić information content (AvgIpc) is 3.08. The fourth-order valence-corrected chi connectivity index (χ4v) is 2.89. The Kier molecular flexibility index (Phi) is 4.55. The summed E-state index contributed by atoms with van der Waals surface area (Å²) in [6.45, 7) is 6.34. The van der Waals surface area contributed by atoms with Crippen molar-refractivity contribution in [1.82, 2.24) is 20.2 Å². The maximum absolute atomic E-state index is 12.4. The Balaban J connectivity index is 2.11. The second-order valence-electron chi connectivity index (χ2n) is 5.39. The molecule has 1 aliphatic rings. The molecule has 1 aliphatic heterocycles. The van der Waals surface area contributed by atoms with E-state index < -0.39 is 17.9 Å². The van der Waals surface area contributed by atoms with Crippen LogP contribution in [0.4, 0.5) is 5.95 Å². The molecular formula is C16H19N5O4. The Labute approximate surface area is 144 Å². The number of rotatable bonds is 5. The third kappa shape index (κ3) is 2.88. The number of methoxy groups -OCH3 is 2. The van der Waals surface area contributed by atoms with Crippen molar-refractivity contribution in [2.45, 2.75) is 13.0 Å². The molecule has 3 rings (SSSR count). The zero-order valence-corrected chi connectivity index (χ0v) is 14.2. The van der Waals surface area contributed by atoms with Gasteiger partial charge in [-0.05, 0) is 35.0 Å². The van der Waals surface area contributed by atoms with Gasteiger partial charge in [0.25, 0.3) is 0 Å². The van der Waals surface area contributed by atoms with Crippen LogP contribution in [0.1, 0.15) is 18.5 Å². The van der Waals surface area contributed by atoms with Gasteiger partial charge in [0.05, 0.1) is 20.8 Å². The molecule has 2 heterocycles. The van der Waals surface area contributed by atoms with E-state index in [0.29, 0.717) is 29.8 Å². The lowest BCUT2D eigenvalue weighted by Crippen LogP contribution is -2.37. The molecule has 2 unspecified atom stereocenters. The fourth-order valence-electron chi connectivity index (χ4n) is 2.89. The van der Waals surface area contributed by atoms with E-state index in [9.17, 15) is 4.79 Å². The molecule has 0 bridgehead atoms. The Bertz CT molecular complexity index is 804. The highest BCUT2D eigenvalue weighted by molar-refractivity contribution is 5.78. The van der Waals surface area contributed by atoms with Crippen molar-refractivity contribution in [1.29, 1.82) is 0 Å². The Morgan fingerprint density at radius 2 is 2.16 bits per heavy atom. The number of benzene rings is 1. The first-order valence-corrected chi connectivity index (χ1v) is 7.73. The summed E-state index contributed by atoms with van der Waals surface area (Å²) in [7, 11) is 2.89. The number of tetrazole rings is 1. The molecule has 9 nitrogen and oxygen atoms in total. The van der Waals surface area contributed by atoms with Gasteiger partial charge in [0, 0.05) is 5.70 Å². The summed E-state index contributed by atoms with van der Waals surface area (Å²) in [4.78, 5) is 12.4. The molecule has 0 saturated heterocycles. The van der Waals surface area contributed by atoms with E-state index in [0.717, 1.165) is 5.56 Å². The molecule has 2 atom stereocenters. The number of aromatic nitrogens is 4. The quantitative estimate of drug-likeness (QED) is 0.812. The molecular weight excluding hydrogens is 326 g/mol. The lowest BCUT2D eigenvalue weighted by Gasteiger charge is -2.32. The number of ether oxygens (including phenoxy) is 3. The second-order valence-corrected chi connectivity index (χ2v) is 5.39. The standard InChI is InChI=1S/C16H19N5O4/c1-5-25-11-7-6-10(8-12(11)23-3)14-13(15(22)24-4)9(2)17-16-18-19-20-21(14)16/h6-8,13-14H,2,5H2,1,3-4H3,(H,17,18,20). The van der Waals surface area contributed by atoms with E-state index in [-0.39, 0.29) is 0 Å². The van der Waals surface area contributed by atoms with Crippen molar-refractivity contribution < 1.29 is 19.0 Å². The summed E-state index contributed by atoms with van der Waals surface area (Å²) < 4.78 is 17.4. The third-order valence-electron chi connectivity index (χ3n) is 4.00. The van der Waals surface area contributed by atoms with E-state index in [4.69, 9.17) is 14.2 Å². The molecule has 0 aliphatic carbocycles. The summed E-state index contributed by atoms with van der Waals surface area (Å²) in [6, 6.07) is 4.92. The van der Waals surface area contributed by atoms with Gasteiger partial charge in [0.2, 0.25) is 5.95 Å². The van der Waals surface area contributed by atoms with Gasteiger partial charge in [-0.3, -0.25) is 4.79 Å². The van der Waals surface area contributed by atoms with Crippen LogP contribution in [0.15, 0.2) is 30.5 Å². The predicted molar refractivity (Wildman–Crippen MR) is 88.4 cm³/mol. The lowest BCUT2D eigenvalue weighted by atomic mass is 9.89. The molecule has 1 N–H and O–H groups in total. The van der Waals surface area contributed by atoms with Crippen LogP contribution in [0.5, 0.6) is 11.5 Å². The van der Waals surface area contributed by atoms with Crippen LogP contribution < -0.4 is 14.8 Å². The molecule has 0 radical (unpaired) electrons. The summed E-state index contributed by atoms with van der Waals surface area (Å²) in [5.74, 6) is 0.456. The summed E-state index contributed by atoms with van der Waals surface area (Å²) in [6.07, 6.45) is 0. The monoisotopic (exact) mass is 345 g/mol. The molecule has 0 spiro atoms. The van der Waals surface area contributed by atoms with Crippen LogP contribution in [0.25, 0.3) is 0 Å². The number of esters is 1. The number of hydrogen-bond acceptors (Lipinski definition) is 8. The molecule has 9 heteroatoms. The minimum Gasteiger partial charge on any atom is -0.493 e. The molecule has 1 aromatic heterocycles. The van der Waals surface area contributed by atoms with Crippen molar-refractivity contribution >= 4 is 11.9 Å². The molecule has 0 amide bonds. The van der Waals surface area contributed by atoms with Gasteiger partial charge in [0.1, 0.15) is 12.0 Å². The van der Waals surface area contributed by atoms with Gasteiger partial charge in [0.15, 0.2) is 11.5 Å². The largest absolute Gasteiger partial charge is 0.493 e. The smallest absolute Gasteiger partial charge is 0.317 e. The van der Waals surface area contributed by atoms with Crippen LogP contribution in [-0.4, -0.2) is 47.0 Å². The summed E-state index contributed by atoms with van der Waals surface area (Å²) in [5.41, 5.74) is 1.24. The predicted octanol–water partition coefficient (Wildman–Crippen LogP) is 1.40. The second kappa shape index (κ2) is 6.80. The molecule has 0 saturated carbocycles. The number of carbonyl (C=O) groups excluding carboxylic acids is 1. The van der Waals surface area contributed by atoms with Gasteiger partial charge < -0.3 is 19.5 Å². The minimum absolute atomic E-state index is 0.406. The average molecular weight is 345 g/mol. The van der Waals surface area contributed by atoms with E-state index in [1.165, 1.54) is 11.8 Å². The minimum atomic E-state index is -0.691. The number of fused-ring (bicyclic) bond motifs is 1. The molecule has 1 aromatic carbocycles. The summed E-state index contributed by atoms with van der Waals surface area (Å²) >= 11 is 0. The van der Waals surface area contributed by atoms with Crippen LogP contribution >= 0.6 is 0 Å². The Morgan fingerprint density at radius 3 is 2.84 bits per heavy atom. The number of nitrogens with one attached hydrogen (secondary N) is 1. The van der Waals surface area contributed by atoms with Crippen LogP contribution in [-0.2, 0) is 9.53 Å². The number of carbonyl (C=O) groups is 1. The number of anilines is 1. The van der Waals surface area contributed by atoms with Gasteiger partial charge in [-0.15, -0.1) is 0 Å². The lowest BCUT2D eigenvalue weighted by molar-refractivity contribution is -0.145. The maximum Gasteiger partial charge on any atom is 0.317 e. The van der Waals surface area contributed by atoms with Crippen molar-refractivity contribution in [2.24, 2.45) is 5.92 Å². The van der Waals surface area contributed by atoms with Crippen molar-refractivity contribution in [2.75, 3.05) is 26.1 Å². The zero-order chi connectivity index (χ0) is 18.0. The highest BCUT2D eigenvalue weighted by atomic mass is 16.5. The maximum atomic E-state index is 12.4. The van der Waals surface area contributed by atoms with E-state index in [1.807, 2.05) is 13.0 Å². The number of hydrogen-bond donors (Lipinski definition) is 1. The zero-order valence-electron chi connectivity index (χ0n) is 14.2. The summed E-state index contributed by atoms with van der Waals surface area (Å²) in [5, 5.41) is 14.5. The first kappa shape index (κ1) is 16.7. The molecule has 25 heavy (non-hydrogen) atoms. The first-order chi connectivity index (χ1) is 12.1. The third-order valence-corrected chi connectivity index (χ3v) is 4.00. The molecule has 0 fully saturated rings. The van der Waals surface area contributed by atoms with Crippen LogP contribution in [0.3, 0.4) is 0 Å². The first-order valence-electron chi connectivity index (χ1n) is 7.73. The van der Waals surface area contributed by atoms with Crippen molar-refractivity contribution in [3.05, 3.63) is 36.0 Å². The highest BCUT2D eigenvalue weighted by Gasteiger charge is 2.41. The van der Waals surface area contributed by atoms with Crippen LogP contribution in [0.2, 0.25) is 0 Å². The van der Waals surface area contributed by atoms with Crippen molar-refractivity contribution in [3.8, 4) is 11.5 Å². The van der Waals surface area contributed by atoms with Gasteiger partial charge in [-0.1, -0.05) is 17.7 Å².